The maximum absolute atomic E-state index is 6.31. The van der Waals surface area contributed by atoms with Gasteiger partial charge >= 0.3 is 0 Å². The van der Waals surface area contributed by atoms with E-state index in [-0.39, 0.29) is 6.04 Å². The zero-order valence-electron chi connectivity index (χ0n) is 12.6. The first-order chi connectivity index (χ1) is 10.1. The van der Waals surface area contributed by atoms with E-state index in [9.17, 15) is 0 Å². The third-order valence-electron chi connectivity index (χ3n) is 3.20. The molecule has 1 aromatic heterocycles. The standard InChI is InChI=1S/C16H21ClN2OS/c1-4-7-18-11(2)13-5-6-16(15(17)8-13)20-9-14-10-21-12(3)19-14/h5-6,8,10-11,18H,4,7,9H2,1-3H3. The summed E-state index contributed by atoms with van der Waals surface area (Å²) in [5.41, 5.74) is 2.11. The summed E-state index contributed by atoms with van der Waals surface area (Å²) in [4.78, 5) is 4.38. The monoisotopic (exact) mass is 324 g/mol. The fraction of sp³-hybridized carbons (Fsp3) is 0.438. The number of thiazole rings is 1. The van der Waals surface area contributed by atoms with Crippen LogP contribution >= 0.6 is 22.9 Å². The third-order valence-corrected chi connectivity index (χ3v) is 4.32. The zero-order chi connectivity index (χ0) is 15.2. The molecule has 114 valence electrons. The maximum atomic E-state index is 6.31. The number of nitrogens with one attached hydrogen (secondary N) is 1. The van der Waals surface area contributed by atoms with Crippen molar-refractivity contribution in [2.24, 2.45) is 0 Å². The predicted molar refractivity (Wildman–Crippen MR) is 89.3 cm³/mol. The van der Waals surface area contributed by atoms with Crippen LogP contribution in [-0.2, 0) is 6.61 Å². The molecule has 0 saturated heterocycles. The molecule has 0 spiro atoms. The van der Waals surface area contributed by atoms with Gasteiger partial charge < -0.3 is 10.1 Å². The van der Waals surface area contributed by atoms with Gasteiger partial charge in [-0.25, -0.2) is 4.98 Å². The first kappa shape index (κ1) is 16.3. The summed E-state index contributed by atoms with van der Waals surface area (Å²) >= 11 is 7.93. The second kappa shape index (κ2) is 7.78. The lowest BCUT2D eigenvalue weighted by Gasteiger charge is -2.15. The Labute approximate surface area is 135 Å². The molecule has 0 radical (unpaired) electrons. The minimum absolute atomic E-state index is 0.290. The van der Waals surface area contributed by atoms with Crippen molar-refractivity contribution in [3.8, 4) is 5.75 Å². The smallest absolute Gasteiger partial charge is 0.138 e. The molecule has 2 aromatic rings. The van der Waals surface area contributed by atoms with Gasteiger partial charge in [-0.05, 0) is 44.5 Å². The summed E-state index contributed by atoms with van der Waals surface area (Å²) in [7, 11) is 0. The molecule has 0 amide bonds. The van der Waals surface area contributed by atoms with E-state index in [1.165, 1.54) is 5.56 Å². The van der Waals surface area contributed by atoms with Crippen molar-refractivity contribution in [2.75, 3.05) is 6.54 Å². The van der Waals surface area contributed by atoms with E-state index in [4.69, 9.17) is 16.3 Å². The lowest BCUT2D eigenvalue weighted by atomic mass is 10.1. The number of aromatic nitrogens is 1. The van der Waals surface area contributed by atoms with Crippen LogP contribution in [0.4, 0.5) is 0 Å². The summed E-state index contributed by atoms with van der Waals surface area (Å²) in [6.07, 6.45) is 1.12. The molecule has 1 heterocycles. The second-order valence-electron chi connectivity index (χ2n) is 5.01. The van der Waals surface area contributed by atoms with Gasteiger partial charge in [0.25, 0.3) is 0 Å². The van der Waals surface area contributed by atoms with Crippen LogP contribution in [0, 0.1) is 6.92 Å². The number of hydrogen-bond acceptors (Lipinski definition) is 4. The zero-order valence-corrected chi connectivity index (χ0v) is 14.2. The fourth-order valence-corrected chi connectivity index (χ4v) is 2.85. The van der Waals surface area contributed by atoms with Crippen molar-refractivity contribution in [1.29, 1.82) is 0 Å². The molecule has 21 heavy (non-hydrogen) atoms. The molecule has 0 aliphatic heterocycles. The number of aryl methyl sites for hydroxylation is 1. The van der Waals surface area contributed by atoms with E-state index >= 15 is 0 Å². The molecule has 1 N–H and O–H groups in total. The molecule has 1 unspecified atom stereocenters. The van der Waals surface area contributed by atoms with E-state index in [2.05, 4.69) is 30.2 Å². The highest BCUT2D eigenvalue weighted by Gasteiger charge is 2.09. The summed E-state index contributed by atoms with van der Waals surface area (Å²) < 4.78 is 5.74. The lowest BCUT2D eigenvalue weighted by Crippen LogP contribution is -2.19. The van der Waals surface area contributed by atoms with Crippen LogP contribution in [0.2, 0.25) is 5.02 Å². The molecule has 2 rings (SSSR count). The molecular formula is C16H21ClN2OS. The van der Waals surface area contributed by atoms with Gasteiger partial charge in [-0.3, -0.25) is 0 Å². The Bertz CT molecular complexity index is 585. The number of benzene rings is 1. The Balaban J connectivity index is 1.98. The van der Waals surface area contributed by atoms with Gasteiger partial charge in [0.05, 0.1) is 15.7 Å². The molecule has 1 atom stereocenters. The topological polar surface area (TPSA) is 34.1 Å². The van der Waals surface area contributed by atoms with Crippen molar-refractivity contribution >= 4 is 22.9 Å². The van der Waals surface area contributed by atoms with Crippen LogP contribution in [0.5, 0.6) is 5.75 Å². The van der Waals surface area contributed by atoms with Gasteiger partial charge in [0.1, 0.15) is 12.4 Å². The van der Waals surface area contributed by atoms with E-state index in [0.717, 1.165) is 23.7 Å². The second-order valence-corrected chi connectivity index (χ2v) is 6.48. The van der Waals surface area contributed by atoms with E-state index in [0.29, 0.717) is 17.4 Å². The number of ether oxygens (including phenoxy) is 1. The molecule has 5 heteroatoms. The Morgan fingerprint density at radius 3 is 2.86 bits per heavy atom. The molecule has 0 aliphatic carbocycles. The van der Waals surface area contributed by atoms with Crippen LogP contribution in [0.3, 0.4) is 0 Å². The summed E-state index contributed by atoms with van der Waals surface area (Å²) in [5.74, 6) is 0.703. The largest absolute Gasteiger partial charge is 0.486 e. The molecule has 0 fully saturated rings. The van der Waals surface area contributed by atoms with Crippen molar-refractivity contribution in [3.05, 3.63) is 44.9 Å². The molecule has 0 aliphatic rings. The van der Waals surface area contributed by atoms with E-state index in [1.807, 2.05) is 24.4 Å². The van der Waals surface area contributed by atoms with Crippen molar-refractivity contribution in [3.63, 3.8) is 0 Å². The quantitative estimate of drug-likeness (QED) is 0.798. The number of nitrogens with zero attached hydrogens (tertiary/aromatic N) is 1. The highest BCUT2D eigenvalue weighted by Crippen LogP contribution is 2.28. The molecule has 0 saturated carbocycles. The highest BCUT2D eigenvalue weighted by molar-refractivity contribution is 7.09. The van der Waals surface area contributed by atoms with Gasteiger partial charge in [-0.1, -0.05) is 24.6 Å². The van der Waals surface area contributed by atoms with Gasteiger partial charge in [-0.2, -0.15) is 0 Å². The third kappa shape index (κ3) is 4.70. The van der Waals surface area contributed by atoms with Crippen LogP contribution < -0.4 is 10.1 Å². The van der Waals surface area contributed by atoms with Gasteiger partial charge in [0.15, 0.2) is 0 Å². The van der Waals surface area contributed by atoms with Crippen LogP contribution in [0.1, 0.15) is 42.6 Å². The molecule has 0 bridgehead atoms. The first-order valence-electron chi connectivity index (χ1n) is 7.16. The molecule has 3 nitrogen and oxygen atoms in total. The van der Waals surface area contributed by atoms with Crippen LogP contribution in [-0.4, -0.2) is 11.5 Å². The Hall–Kier alpha value is -1.10. The summed E-state index contributed by atoms with van der Waals surface area (Å²) in [5, 5.41) is 7.15. The SMILES string of the molecule is CCCNC(C)c1ccc(OCc2csc(C)n2)c(Cl)c1. The predicted octanol–water partition coefficient (Wildman–Crippen LogP) is 4.74. The summed E-state index contributed by atoms with van der Waals surface area (Å²) in [6.45, 7) is 7.73. The maximum Gasteiger partial charge on any atom is 0.138 e. The van der Waals surface area contributed by atoms with Crippen LogP contribution in [0.25, 0.3) is 0 Å². The summed E-state index contributed by atoms with van der Waals surface area (Å²) in [6, 6.07) is 6.25. The number of hydrogen-bond donors (Lipinski definition) is 1. The van der Waals surface area contributed by atoms with Gasteiger partial charge in [0, 0.05) is 11.4 Å². The minimum Gasteiger partial charge on any atom is -0.486 e. The Kier molecular flexibility index (Phi) is 6.03. The van der Waals surface area contributed by atoms with Crippen molar-refractivity contribution in [2.45, 2.75) is 39.8 Å². The van der Waals surface area contributed by atoms with Crippen LogP contribution in [0.15, 0.2) is 23.6 Å². The van der Waals surface area contributed by atoms with Gasteiger partial charge in [0.2, 0.25) is 0 Å². The number of rotatable bonds is 7. The van der Waals surface area contributed by atoms with Gasteiger partial charge in [-0.15, -0.1) is 11.3 Å². The highest BCUT2D eigenvalue weighted by atomic mass is 35.5. The average Bonchev–Trinajstić information content (AvgIpc) is 2.89. The minimum atomic E-state index is 0.290. The molecular weight excluding hydrogens is 304 g/mol. The Morgan fingerprint density at radius 1 is 1.43 bits per heavy atom. The number of halogens is 1. The Morgan fingerprint density at radius 2 is 2.24 bits per heavy atom. The normalized spacial score (nSPS) is 12.4. The van der Waals surface area contributed by atoms with E-state index < -0.39 is 0 Å². The molecule has 1 aromatic carbocycles. The van der Waals surface area contributed by atoms with E-state index in [1.54, 1.807) is 11.3 Å². The first-order valence-corrected chi connectivity index (χ1v) is 8.42. The van der Waals surface area contributed by atoms with Crippen molar-refractivity contribution in [1.82, 2.24) is 10.3 Å². The fourth-order valence-electron chi connectivity index (χ4n) is 2.01. The van der Waals surface area contributed by atoms with Crippen molar-refractivity contribution < 1.29 is 4.74 Å². The lowest BCUT2D eigenvalue weighted by molar-refractivity contribution is 0.302. The average molecular weight is 325 g/mol.